The Morgan fingerprint density at radius 3 is 2.75 bits per heavy atom. The minimum atomic E-state index is -0.534. The molecule has 0 aliphatic rings. The van der Waals surface area contributed by atoms with Crippen LogP contribution in [0.1, 0.15) is 10.6 Å². The number of amides is 2. The molecule has 3 N–H and O–H groups in total. The van der Waals surface area contributed by atoms with Crippen molar-refractivity contribution in [3.05, 3.63) is 51.9 Å². The summed E-state index contributed by atoms with van der Waals surface area (Å²) in [5, 5.41) is 2.79. The molecule has 24 heavy (non-hydrogen) atoms. The van der Waals surface area contributed by atoms with Crippen LogP contribution in [-0.2, 0) is 4.79 Å². The van der Waals surface area contributed by atoms with E-state index in [-0.39, 0.29) is 17.5 Å². The second-order valence-electron chi connectivity index (χ2n) is 4.30. The summed E-state index contributed by atoms with van der Waals surface area (Å²) in [6, 6.07) is 7.96. The van der Waals surface area contributed by atoms with Gasteiger partial charge in [0.1, 0.15) is 5.75 Å². The van der Waals surface area contributed by atoms with Crippen molar-refractivity contribution in [3.63, 3.8) is 0 Å². The first-order valence-electron chi connectivity index (χ1n) is 6.47. The fraction of sp³-hybridized carbons (Fsp3) is 0.0714. The third kappa shape index (κ3) is 5.52. The molecular weight excluding hydrogens is 422 g/mol. The first-order valence-corrected chi connectivity index (χ1v) is 8.05. The number of hydrazine groups is 1. The molecule has 0 aliphatic heterocycles. The van der Waals surface area contributed by atoms with Gasteiger partial charge in [-0.3, -0.25) is 25.8 Å². The second kappa shape index (κ2) is 8.67. The van der Waals surface area contributed by atoms with Crippen LogP contribution in [0.25, 0.3) is 0 Å². The highest BCUT2D eigenvalue weighted by molar-refractivity contribution is 9.10. The highest BCUT2D eigenvalue weighted by Crippen LogP contribution is 2.27. The van der Waals surface area contributed by atoms with Crippen LogP contribution in [0.4, 0.5) is 0 Å². The number of rotatable bonds is 4. The molecule has 2 aromatic rings. The molecule has 0 spiro atoms. The molecule has 0 saturated carbocycles. The van der Waals surface area contributed by atoms with Gasteiger partial charge in [-0.1, -0.05) is 11.6 Å². The summed E-state index contributed by atoms with van der Waals surface area (Å²) >= 11 is 14.0. The van der Waals surface area contributed by atoms with E-state index in [1.165, 1.54) is 12.3 Å². The van der Waals surface area contributed by atoms with Crippen LogP contribution < -0.4 is 20.9 Å². The fourth-order valence-corrected chi connectivity index (χ4v) is 2.44. The van der Waals surface area contributed by atoms with Crippen molar-refractivity contribution < 1.29 is 18.7 Å². The molecule has 1 aromatic carbocycles. The van der Waals surface area contributed by atoms with E-state index in [2.05, 4.69) is 32.1 Å². The van der Waals surface area contributed by atoms with E-state index < -0.39 is 11.8 Å². The molecule has 126 valence electrons. The van der Waals surface area contributed by atoms with Crippen molar-refractivity contribution in [3.8, 4) is 5.75 Å². The highest BCUT2D eigenvalue weighted by Gasteiger charge is 2.11. The van der Waals surface area contributed by atoms with E-state index in [9.17, 15) is 9.59 Å². The third-order valence-electron chi connectivity index (χ3n) is 2.54. The van der Waals surface area contributed by atoms with Crippen LogP contribution in [0.2, 0.25) is 5.02 Å². The van der Waals surface area contributed by atoms with E-state index in [0.717, 1.165) is 0 Å². The van der Waals surface area contributed by atoms with Crippen molar-refractivity contribution in [2.45, 2.75) is 0 Å². The average molecular weight is 433 g/mol. The minimum absolute atomic E-state index is 0.0857. The average Bonchev–Trinajstić information content (AvgIpc) is 3.06. The third-order valence-corrected chi connectivity index (χ3v) is 3.60. The maximum atomic E-state index is 11.7. The Balaban J connectivity index is 1.72. The van der Waals surface area contributed by atoms with Crippen molar-refractivity contribution in [2.75, 3.05) is 6.61 Å². The predicted molar refractivity (Wildman–Crippen MR) is 94.7 cm³/mol. The van der Waals surface area contributed by atoms with Crippen molar-refractivity contribution in [2.24, 2.45) is 0 Å². The van der Waals surface area contributed by atoms with Gasteiger partial charge in [-0.25, -0.2) is 0 Å². The van der Waals surface area contributed by atoms with Crippen LogP contribution in [-0.4, -0.2) is 23.5 Å². The van der Waals surface area contributed by atoms with Crippen LogP contribution in [0.5, 0.6) is 5.75 Å². The Kier molecular flexibility index (Phi) is 6.59. The molecule has 7 nitrogen and oxygen atoms in total. The molecule has 0 aliphatic carbocycles. The SMILES string of the molecule is O=C(COc1ccc(Cl)cc1Br)NNC(=S)NC(=O)c1ccco1. The fourth-order valence-electron chi connectivity index (χ4n) is 1.50. The maximum absolute atomic E-state index is 11.7. The zero-order valence-corrected chi connectivity index (χ0v) is 15.1. The lowest BCUT2D eigenvalue weighted by atomic mass is 10.3. The molecule has 0 unspecified atom stereocenters. The number of furan rings is 1. The molecule has 0 fully saturated rings. The zero-order valence-electron chi connectivity index (χ0n) is 12.0. The molecular formula is C14H11BrClN3O4S. The Morgan fingerprint density at radius 1 is 1.29 bits per heavy atom. The minimum Gasteiger partial charge on any atom is -0.483 e. The van der Waals surface area contributed by atoms with Gasteiger partial charge in [0.15, 0.2) is 17.5 Å². The van der Waals surface area contributed by atoms with E-state index in [0.29, 0.717) is 15.2 Å². The van der Waals surface area contributed by atoms with E-state index in [1.807, 2.05) is 0 Å². The molecule has 0 radical (unpaired) electrons. The summed E-state index contributed by atoms with van der Waals surface area (Å²) in [7, 11) is 0. The topological polar surface area (TPSA) is 92.6 Å². The molecule has 2 amide bonds. The number of thiocarbonyl (C=S) groups is 1. The molecule has 1 heterocycles. The van der Waals surface area contributed by atoms with Crippen molar-refractivity contribution >= 4 is 56.7 Å². The Hall–Kier alpha value is -2.10. The van der Waals surface area contributed by atoms with E-state index >= 15 is 0 Å². The largest absolute Gasteiger partial charge is 0.483 e. The van der Waals surface area contributed by atoms with Gasteiger partial charge in [0.25, 0.3) is 11.8 Å². The van der Waals surface area contributed by atoms with Gasteiger partial charge in [-0.15, -0.1) is 0 Å². The number of hydrogen-bond acceptors (Lipinski definition) is 5. The number of hydrogen-bond donors (Lipinski definition) is 3. The van der Waals surface area contributed by atoms with Crippen LogP contribution >= 0.6 is 39.7 Å². The van der Waals surface area contributed by atoms with E-state index in [1.54, 1.807) is 24.3 Å². The van der Waals surface area contributed by atoms with Gasteiger partial charge >= 0.3 is 0 Å². The number of nitrogens with one attached hydrogen (secondary N) is 3. The highest BCUT2D eigenvalue weighted by atomic mass is 79.9. The van der Waals surface area contributed by atoms with Gasteiger partial charge < -0.3 is 9.15 Å². The van der Waals surface area contributed by atoms with Gasteiger partial charge in [0.2, 0.25) is 0 Å². The summed E-state index contributed by atoms with van der Waals surface area (Å²) in [6.07, 6.45) is 1.36. The number of carbonyl (C=O) groups is 2. The number of carbonyl (C=O) groups excluding carboxylic acids is 2. The summed E-state index contributed by atoms with van der Waals surface area (Å²) in [4.78, 5) is 23.3. The standard InChI is InChI=1S/C14H11BrClN3O4S/c15-9-6-8(16)3-4-10(9)23-7-12(20)18-19-14(24)17-13(21)11-2-1-5-22-11/h1-6H,7H2,(H,18,20)(H2,17,19,21,24). The molecule has 10 heteroatoms. The number of benzene rings is 1. The monoisotopic (exact) mass is 431 g/mol. The van der Waals surface area contributed by atoms with Gasteiger partial charge in [0.05, 0.1) is 10.7 Å². The molecule has 0 bridgehead atoms. The van der Waals surface area contributed by atoms with Gasteiger partial charge in [-0.2, -0.15) is 0 Å². The van der Waals surface area contributed by atoms with Crippen LogP contribution in [0, 0.1) is 0 Å². The first-order chi connectivity index (χ1) is 11.5. The van der Waals surface area contributed by atoms with Crippen LogP contribution in [0.15, 0.2) is 45.5 Å². The summed E-state index contributed by atoms with van der Waals surface area (Å²) < 4.78 is 10.9. The first kappa shape index (κ1) is 18.2. The summed E-state index contributed by atoms with van der Waals surface area (Å²) in [5.74, 6) is -0.468. The molecule has 0 atom stereocenters. The van der Waals surface area contributed by atoms with E-state index in [4.69, 9.17) is 33.0 Å². The predicted octanol–water partition coefficient (Wildman–Crippen LogP) is 2.41. The smallest absolute Gasteiger partial charge is 0.293 e. The zero-order chi connectivity index (χ0) is 17.5. The Morgan fingerprint density at radius 2 is 2.08 bits per heavy atom. The summed E-state index contributed by atoms with van der Waals surface area (Å²) in [6.45, 7) is -0.262. The molecule has 2 rings (SSSR count). The Labute approximate surface area is 155 Å². The molecule has 0 saturated heterocycles. The van der Waals surface area contributed by atoms with Crippen molar-refractivity contribution in [1.29, 1.82) is 0 Å². The number of ether oxygens (including phenoxy) is 1. The Bertz CT molecular complexity index is 754. The summed E-state index contributed by atoms with van der Waals surface area (Å²) in [5.41, 5.74) is 4.67. The van der Waals surface area contributed by atoms with Crippen LogP contribution in [0.3, 0.4) is 0 Å². The lowest BCUT2D eigenvalue weighted by molar-refractivity contribution is -0.123. The second-order valence-corrected chi connectivity index (χ2v) is 6.00. The normalized spacial score (nSPS) is 9.92. The molecule has 1 aromatic heterocycles. The van der Waals surface area contributed by atoms with Gasteiger partial charge in [-0.05, 0) is 58.5 Å². The lowest BCUT2D eigenvalue weighted by Gasteiger charge is -2.11. The lowest BCUT2D eigenvalue weighted by Crippen LogP contribution is -2.49. The van der Waals surface area contributed by atoms with Crippen molar-refractivity contribution in [1.82, 2.24) is 16.2 Å². The maximum Gasteiger partial charge on any atom is 0.293 e. The quantitative estimate of drug-likeness (QED) is 0.508. The van der Waals surface area contributed by atoms with Gasteiger partial charge in [0, 0.05) is 5.02 Å². The number of halogens is 2.